The molecule has 0 atom stereocenters. The summed E-state index contributed by atoms with van der Waals surface area (Å²) in [6.45, 7) is 4.20. The minimum Gasteiger partial charge on any atom is -0.486 e. The van der Waals surface area contributed by atoms with Gasteiger partial charge in [-0.3, -0.25) is 4.98 Å². The summed E-state index contributed by atoms with van der Waals surface area (Å²) in [7, 11) is 0. The fourth-order valence-electron chi connectivity index (χ4n) is 2.92. The average Bonchev–Trinajstić information content (AvgIpc) is 2.68. The van der Waals surface area contributed by atoms with Crippen molar-refractivity contribution in [2.24, 2.45) is 0 Å². The molecule has 1 aromatic heterocycles. The molecule has 0 spiro atoms. The Morgan fingerprint density at radius 3 is 2.62 bits per heavy atom. The number of fused-ring (bicyclic) bond motifs is 3. The van der Waals surface area contributed by atoms with Crippen molar-refractivity contribution in [1.29, 1.82) is 0 Å². The SMILES string of the molecule is CC(C)(O)COc1cc2nccc(Oc3ccc(N)c(Cl)c3)c2c2c1OCCO2. The van der Waals surface area contributed by atoms with Crippen LogP contribution in [0.25, 0.3) is 10.9 Å². The standard InChI is InChI=1S/C21H21ClN2O5/c1-21(2,25)11-28-17-10-15-18(20-19(17)26-7-8-27-20)16(5-6-24-15)29-12-3-4-14(23)13(22)9-12/h3-6,9-10,25H,7-8,11,23H2,1-2H3. The van der Waals surface area contributed by atoms with Crippen LogP contribution in [0.5, 0.6) is 28.7 Å². The van der Waals surface area contributed by atoms with Crippen molar-refractivity contribution in [3.05, 3.63) is 41.6 Å². The number of aliphatic hydroxyl groups is 1. The summed E-state index contributed by atoms with van der Waals surface area (Å²) < 4.78 is 23.6. The number of pyridine rings is 1. The minimum atomic E-state index is -0.996. The Morgan fingerprint density at radius 1 is 1.14 bits per heavy atom. The van der Waals surface area contributed by atoms with Gasteiger partial charge in [-0.05, 0) is 32.0 Å². The van der Waals surface area contributed by atoms with E-state index in [1.807, 2.05) is 0 Å². The Balaban J connectivity index is 1.80. The molecule has 2 heterocycles. The first-order chi connectivity index (χ1) is 13.8. The Hall–Kier alpha value is -2.90. The monoisotopic (exact) mass is 416 g/mol. The lowest BCUT2D eigenvalue weighted by Gasteiger charge is -2.25. The highest BCUT2D eigenvalue weighted by Crippen LogP contribution is 2.48. The molecule has 2 aromatic carbocycles. The second-order valence-electron chi connectivity index (χ2n) is 7.32. The summed E-state index contributed by atoms with van der Waals surface area (Å²) in [4.78, 5) is 4.42. The third-order valence-electron chi connectivity index (χ3n) is 4.22. The number of hydrogen-bond donors (Lipinski definition) is 2. The van der Waals surface area contributed by atoms with E-state index in [-0.39, 0.29) is 6.61 Å². The van der Waals surface area contributed by atoms with Crippen molar-refractivity contribution in [2.75, 3.05) is 25.6 Å². The fraction of sp³-hybridized carbons (Fsp3) is 0.286. The predicted octanol–water partition coefficient (Wildman–Crippen LogP) is 4.18. The van der Waals surface area contributed by atoms with E-state index in [1.165, 1.54) is 0 Å². The lowest BCUT2D eigenvalue weighted by Crippen LogP contribution is -2.28. The second-order valence-corrected chi connectivity index (χ2v) is 7.73. The van der Waals surface area contributed by atoms with Crippen LogP contribution in [0.2, 0.25) is 5.02 Å². The van der Waals surface area contributed by atoms with Crippen LogP contribution in [-0.4, -0.2) is 35.5 Å². The number of aromatic nitrogens is 1. The van der Waals surface area contributed by atoms with Crippen molar-refractivity contribution >= 4 is 28.2 Å². The number of nitrogens with two attached hydrogens (primary N) is 1. The summed E-state index contributed by atoms with van der Waals surface area (Å²) in [5.41, 5.74) is 5.86. The van der Waals surface area contributed by atoms with Crippen molar-refractivity contribution in [2.45, 2.75) is 19.4 Å². The number of halogens is 1. The van der Waals surface area contributed by atoms with Gasteiger partial charge in [0, 0.05) is 18.3 Å². The molecule has 0 saturated carbocycles. The van der Waals surface area contributed by atoms with Gasteiger partial charge in [0.15, 0.2) is 11.5 Å². The fourth-order valence-corrected chi connectivity index (χ4v) is 3.09. The maximum absolute atomic E-state index is 9.99. The van der Waals surface area contributed by atoms with Gasteiger partial charge in [-0.2, -0.15) is 0 Å². The van der Waals surface area contributed by atoms with E-state index in [2.05, 4.69) is 4.98 Å². The number of benzene rings is 2. The molecular formula is C21H21ClN2O5. The van der Waals surface area contributed by atoms with E-state index in [0.29, 0.717) is 63.6 Å². The molecule has 152 valence electrons. The van der Waals surface area contributed by atoms with Crippen LogP contribution < -0.4 is 24.7 Å². The van der Waals surface area contributed by atoms with E-state index in [0.717, 1.165) is 0 Å². The Kier molecular flexibility index (Phi) is 5.02. The molecule has 0 radical (unpaired) electrons. The van der Waals surface area contributed by atoms with E-state index < -0.39 is 5.60 Å². The lowest BCUT2D eigenvalue weighted by atomic mass is 10.1. The molecule has 1 aliphatic rings. The zero-order valence-corrected chi connectivity index (χ0v) is 16.8. The van der Waals surface area contributed by atoms with Gasteiger partial charge in [0.1, 0.15) is 31.3 Å². The van der Waals surface area contributed by atoms with E-state index >= 15 is 0 Å². The van der Waals surface area contributed by atoms with E-state index in [4.69, 9.17) is 36.3 Å². The van der Waals surface area contributed by atoms with Crippen LogP contribution in [0.15, 0.2) is 36.5 Å². The molecule has 0 amide bonds. The lowest BCUT2D eigenvalue weighted by molar-refractivity contribution is 0.0266. The van der Waals surface area contributed by atoms with Crippen molar-refractivity contribution in [1.82, 2.24) is 4.98 Å². The predicted molar refractivity (Wildman–Crippen MR) is 110 cm³/mol. The van der Waals surface area contributed by atoms with Gasteiger partial charge in [-0.15, -0.1) is 0 Å². The first-order valence-electron chi connectivity index (χ1n) is 9.11. The van der Waals surface area contributed by atoms with Gasteiger partial charge in [-0.25, -0.2) is 0 Å². The third kappa shape index (κ3) is 4.11. The summed E-state index contributed by atoms with van der Waals surface area (Å²) in [6.07, 6.45) is 1.63. The van der Waals surface area contributed by atoms with Gasteiger partial charge < -0.3 is 29.8 Å². The first kappa shape index (κ1) is 19.4. The molecule has 8 heteroatoms. The average molecular weight is 417 g/mol. The first-order valence-corrected chi connectivity index (χ1v) is 9.49. The number of rotatable bonds is 5. The molecule has 3 aromatic rings. The Morgan fingerprint density at radius 2 is 1.90 bits per heavy atom. The Bertz CT molecular complexity index is 1070. The second kappa shape index (κ2) is 7.50. The largest absolute Gasteiger partial charge is 0.486 e. The molecule has 0 bridgehead atoms. The van der Waals surface area contributed by atoms with E-state index in [9.17, 15) is 5.11 Å². The molecule has 0 unspecified atom stereocenters. The number of ether oxygens (including phenoxy) is 4. The number of nitrogens with zero attached hydrogens (tertiary/aromatic N) is 1. The smallest absolute Gasteiger partial charge is 0.204 e. The minimum absolute atomic E-state index is 0.0917. The van der Waals surface area contributed by atoms with Crippen molar-refractivity contribution in [3.8, 4) is 28.7 Å². The van der Waals surface area contributed by atoms with Crippen LogP contribution in [0.1, 0.15) is 13.8 Å². The van der Waals surface area contributed by atoms with E-state index in [1.54, 1.807) is 50.4 Å². The highest BCUT2D eigenvalue weighted by molar-refractivity contribution is 6.33. The highest BCUT2D eigenvalue weighted by atomic mass is 35.5. The number of anilines is 1. The number of nitrogen functional groups attached to an aromatic ring is 1. The van der Waals surface area contributed by atoms with Crippen molar-refractivity contribution < 1.29 is 24.1 Å². The van der Waals surface area contributed by atoms with Crippen LogP contribution >= 0.6 is 11.6 Å². The molecule has 0 fully saturated rings. The summed E-state index contributed by atoms with van der Waals surface area (Å²) in [5, 5.41) is 11.1. The maximum atomic E-state index is 9.99. The van der Waals surface area contributed by atoms with Crippen LogP contribution in [0, 0.1) is 0 Å². The topological polar surface area (TPSA) is 96.1 Å². The van der Waals surface area contributed by atoms with Gasteiger partial charge in [-0.1, -0.05) is 11.6 Å². The maximum Gasteiger partial charge on any atom is 0.204 e. The molecule has 7 nitrogen and oxygen atoms in total. The molecular weight excluding hydrogens is 396 g/mol. The summed E-state index contributed by atoms with van der Waals surface area (Å²) in [5.74, 6) is 2.47. The van der Waals surface area contributed by atoms with Gasteiger partial charge in [0.05, 0.1) is 27.2 Å². The van der Waals surface area contributed by atoms with Crippen LogP contribution in [-0.2, 0) is 0 Å². The molecule has 3 N–H and O–H groups in total. The quantitative estimate of drug-likeness (QED) is 0.602. The summed E-state index contributed by atoms with van der Waals surface area (Å²) >= 11 is 6.11. The van der Waals surface area contributed by atoms with Crippen molar-refractivity contribution in [3.63, 3.8) is 0 Å². The van der Waals surface area contributed by atoms with Crippen LogP contribution in [0.4, 0.5) is 5.69 Å². The zero-order chi connectivity index (χ0) is 20.6. The molecule has 1 aliphatic heterocycles. The van der Waals surface area contributed by atoms with Crippen LogP contribution in [0.3, 0.4) is 0 Å². The summed E-state index contributed by atoms with van der Waals surface area (Å²) in [6, 6.07) is 8.55. The highest BCUT2D eigenvalue weighted by Gasteiger charge is 2.26. The molecule has 0 saturated heterocycles. The molecule has 29 heavy (non-hydrogen) atoms. The van der Waals surface area contributed by atoms with Gasteiger partial charge in [0.25, 0.3) is 0 Å². The van der Waals surface area contributed by atoms with Gasteiger partial charge >= 0.3 is 0 Å². The Labute approximate surface area is 172 Å². The van der Waals surface area contributed by atoms with Gasteiger partial charge in [0.2, 0.25) is 5.75 Å². The third-order valence-corrected chi connectivity index (χ3v) is 4.55. The number of hydrogen-bond acceptors (Lipinski definition) is 7. The molecule has 0 aliphatic carbocycles. The normalized spacial score (nSPS) is 13.4. The molecule has 4 rings (SSSR count). The zero-order valence-electron chi connectivity index (χ0n) is 16.1.